The molecule has 0 bridgehead atoms. The third-order valence-corrected chi connectivity index (χ3v) is 2.14. The van der Waals surface area contributed by atoms with Crippen LogP contribution in [0.1, 0.15) is 17.5 Å². The highest BCUT2D eigenvalue weighted by molar-refractivity contribution is 5.44. The van der Waals surface area contributed by atoms with Crippen LogP contribution in [0.4, 0.5) is 0 Å². The molecule has 0 saturated carbocycles. The van der Waals surface area contributed by atoms with Crippen LogP contribution in [0.2, 0.25) is 0 Å². The Morgan fingerprint density at radius 3 is 2.87 bits per heavy atom. The first-order chi connectivity index (χ1) is 7.27. The summed E-state index contributed by atoms with van der Waals surface area (Å²) in [6, 6.07) is 6.02. The Hall–Kier alpha value is -1.46. The molecule has 0 aliphatic heterocycles. The van der Waals surface area contributed by atoms with Gasteiger partial charge in [0.05, 0.1) is 7.11 Å². The van der Waals surface area contributed by atoms with Gasteiger partial charge in [0.15, 0.2) is 0 Å². The zero-order chi connectivity index (χ0) is 11.1. The largest absolute Gasteiger partial charge is 0.496 e. The van der Waals surface area contributed by atoms with Crippen molar-refractivity contribution in [2.24, 2.45) is 0 Å². The summed E-state index contributed by atoms with van der Waals surface area (Å²) in [5.41, 5.74) is 2.15. The summed E-state index contributed by atoms with van der Waals surface area (Å²) in [5.74, 6) is 7.12. The summed E-state index contributed by atoms with van der Waals surface area (Å²) in [7, 11) is 3.61. The van der Waals surface area contributed by atoms with Gasteiger partial charge in [0.1, 0.15) is 5.75 Å². The molecule has 0 amide bonds. The maximum atomic E-state index is 5.23. The summed E-state index contributed by atoms with van der Waals surface area (Å²) in [4.78, 5) is 0. The van der Waals surface area contributed by atoms with Gasteiger partial charge < -0.3 is 10.1 Å². The number of hydrogen-bond acceptors (Lipinski definition) is 2. The molecule has 0 aromatic heterocycles. The minimum absolute atomic E-state index is 0.868. The maximum Gasteiger partial charge on any atom is 0.123 e. The smallest absolute Gasteiger partial charge is 0.123 e. The molecule has 0 aliphatic carbocycles. The molecule has 1 aromatic rings. The predicted octanol–water partition coefficient (Wildman–Crippen LogP) is 1.96. The highest BCUT2D eigenvalue weighted by atomic mass is 16.5. The molecule has 1 aromatic carbocycles. The molecule has 2 heteroatoms. The molecule has 0 heterocycles. The third kappa shape index (κ3) is 3.65. The first-order valence-corrected chi connectivity index (χ1v) is 5.06. The standard InChI is InChI=1S/C13H17NO/c1-11-7-8-12(10-13(11)15-3)6-4-5-9-14-2/h7-8,10,14H,5,9H2,1-3H3. The number of methoxy groups -OCH3 is 1. The summed E-state index contributed by atoms with van der Waals surface area (Å²) in [5, 5.41) is 3.06. The fourth-order valence-corrected chi connectivity index (χ4v) is 1.25. The quantitative estimate of drug-likeness (QED) is 0.599. The average Bonchev–Trinajstić information content (AvgIpc) is 2.26. The Kier molecular flexibility index (Phi) is 4.73. The highest BCUT2D eigenvalue weighted by Crippen LogP contribution is 2.18. The van der Waals surface area contributed by atoms with Crippen LogP contribution < -0.4 is 10.1 Å². The van der Waals surface area contributed by atoms with Crippen molar-refractivity contribution in [2.75, 3.05) is 20.7 Å². The summed E-state index contributed by atoms with van der Waals surface area (Å²) in [6.07, 6.45) is 0.868. The van der Waals surface area contributed by atoms with Gasteiger partial charge in [0, 0.05) is 18.5 Å². The Labute approximate surface area is 91.6 Å². The monoisotopic (exact) mass is 203 g/mol. The lowest BCUT2D eigenvalue weighted by atomic mass is 10.1. The molecule has 0 radical (unpaired) electrons. The SMILES string of the molecule is CNCCC#Cc1ccc(C)c(OC)c1. The molecular formula is C13H17NO. The second kappa shape index (κ2) is 6.10. The van der Waals surface area contributed by atoms with E-state index in [9.17, 15) is 0 Å². The van der Waals surface area contributed by atoms with E-state index < -0.39 is 0 Å². The van der Waals surface area contributed by atoms with Crippen molar-refractivity contribution in [1.82, 2.24) is 5.32 Å². The van der Waals surface area contributed by atoms with Gasteiger partial charge in [-0.05, 0) is 31.7 Å². The number of aryl methyl sites for hydroxylation is 1. The zero-order valence-electron chi connectivity index (χ0n) is 9.55. The summed E-state index contributed by atoms with van der Waals surface area (Å²) in [6.45, 7) is 2.95. The van der Waals surface area contributed by atoms with E-state index in [2.05, 4.69) is 17.2 Å². The minimum atomic E-state index is 0.868. The van der Waals surface area contributed by atoms with Gasteiger partial charge in [0.2, 0.25) is 0 Å². The van der Waals surface area contributed by atoms with Crippen molar-refractivity contribution >= 4 is 0 Å². The van der Waals surface area contributed by atoms with Gasteiger partial charge in [-0.2, -0.15) is 0 Å². The van der Waals surface area contributed by atoms with Gasteiger partial charge >= 0.3 is 0 Å². The normalized spacial score (nSPS) is 9.27. The van der Waals surface area contributed by atoms with Gasteiger partial charge in [-0.3, -0.25) is 0 Å². The lowest BCUT2D eigenvalue weighted by molar-refractivity contribution is 0.411. The van der Waals surface area contributed by atoms with E-state index in [1.54, 1.807) is 7.11 Å². The molecule has 0 atom stereocenters. The molecular weight excluding hydrogens is 186 g/mol. The fourth-order valence-electron chi connectivity index (χ4n) is 1.25. The lowest BCUT2D eigenvalue weighted by Crippen LogP contribution is -2.05. The van der Waals surface area contributed by atoms with Crippen LogP contribution in [-0.4, -0.2) is 20.7 Å². The molecule has 2 nitrogen and oxygen atoms in total. The molecule has 0 spiro atoms. The second-order valence-electron chi connectivity index (χ2n) is 3.34. The Balaban J connectivity index is 2.72. The molecule has 0 saturated heterocycles. The Morgan fingerprint density at radius 2 is 2.20 bits per heavy atom. The van der Waals surface area contributed by atoms with Gasteiger partial charge in [-0.15, -0.1) is 0 Å². The van der Waals surface area contributed by atoms with Crippen molar-refractivity contribution in [3.8, 4) is 17.6 Å². The van der Waals surface area contributed by atoms with Gasteiger partial charge in [-0.25, -0.2) is 0 Å². The average molecular weight is 203 g/mol. The highest BCUT2D eigenvalue weighted by Gasteiger charge is 1.97. The van der Waals surface area contributed by atoms with E-state index in [0.717, 1.165) is 29.8 Å². The van der Waals surface area contributed by atoms with Crippen molar-refractivity contribution in [1.29, 1.82) is 0 Å². The zero-order valence-corrected chi connectivity index (χ0v) is 9.55. The van der Waals surface area contributed by atoms with Crippen LogP contribution in [-0.2, 0) is 0 Å². The van der Waals surface area contributed by atoms with E-state index in [1.165, 1.54) is 0 Å². The number of benzene rings is 1. The summed E-state index contributed by atoms with van der Waals surface area (Å²) >= 11 is 0. The van der Waals surface area contributed by atoms with E-state index in [4.69, 9.17) is 4.74 Å². The molecule has 0 unspecified atom stereocenters. The van der Waals surface area contributed by atoms with Crippen molar-refractivity contribution in [3.05, 3.63) is 29.3 Å². The number of hydrogen-bond donors (Lipinski definition) is 1. The maximum absolute atomic E-state index is 5.23. The van der Waals surface area contributed by atoms with E-state index >= 15 is 0 Å². The van der Waals surface area contributed by atoms with Gasteiger partial charge in [0.25, 0.3) is 0 Å². The minimum Gasteiger partial charge on any atom is -0.496 e. The van der Waals surface area contributed by atoms with Gasteiger partial charge in [-0.1, -0.05) is 17.9 Å². The van der Waals surface area contributed by atoms with Crippen molar-refractivity contribution < 1.29 is 4.74 Å². The van der Waals surface area contributed by atoms with E-state index in [0.29, 0.717) is 0 Å². The van der Waals surface area contributed by atoms with Crippen molar-refractivity contribution in [3.63, 3.8) is 0 Å². The van der Waals surface area contributed by atoms with Crippen LogP contribution in [0.3, 0.4) is 0 Å². The first-order valence-electron chi connectivity index (χ1n) is 5.06. The number of nitrogens with one attached hydrogen (secondary N) is 1. The van der Waals surface area contributed by atoms with Crippen molar-refractivity contribution in [2.45, 2.75) is 13.3 Å². The van der Waals surface area contributed by atoms with Crippen LogP contribution in [0.15, 0.2) is 18.2 Å². The summed E-state index contributed by atoms with van der Waals surface area (Å²) < 4.78 is 5.23. The Bertz CT molecular complexity index is 374. The number of ether oxygens (including phenoxy) is 1. The lowest BCUT2D eigenvalue weighted by Gasteiger charge is -2.03. The predicted molar refractivity (Wildman–Crippen MR) is 63.2 cm³/mol. The molecule has 80 valence electrons. The topological polar surface area (TPSA) is 21.3 Å². The Morgan fingerprint density at radius 1 is 1.40 bits per heavy atom. The van der Waals surface area contributed by atoms with E-state index in [-0.39, 0.29) is 0 Å². The fraction of sp³-hybridized carbons (Fsp3) is 0.385. The second-order valence-corrected chi connectivity index (χ2v) is 3.34. The molecule has 0 fully saturated rings. The number of rotatable bonds is 3. The molecule has 1 rings (SSSR count). The van der Waals surface area contributed by atoms with E-state index in [1.807, 2.05) is 32.2 Å². The van der Waals surface area contributed by atoms with Crippen LogP contribution in [0.25, 0.3) is 0 Å². The first kappa shape index (κ1) is 11.6. The third-order valence-electron chi connectivity index (χ3n) is 2.14. The molecule has 0 aliphatic rings. The van der Waals surface area contributed by atoms with Crippen LogP contribution in [0.5, 0.6) is 5.75 Å². The molecule has 1 N–H and O–H groups in total. The molecule has 15 heavy (non-hydrogen) atoms. The van der Waals surface area contributed by atoms with Crippen LogP contribution >= 0.6 is 0 Å². The van der Waals surface area contributed by atoms with Crippen LogP contribution in [0, 0.1) is 18.8 Å².